The topological polar surface area (TPSA) is 52.6 Å². The summed E-state index contributed by atoms with van der Waals surface area (Å²) in [5.41, 5.74) is 0.517. The van der Waals surface area contributed by atoms with Crippen LogP contribution >= 0.6 is 0 Å². The van der Waals surface area contributed by atoms with Crippen LogP contribution in [0.3, 0.4) is 0 Å². The lowest BCUT2D eigenvalue weighted by atomic mass is 10.2. The fourth-order valence-corrected chi connectivity index (χ4v) is 1.52. The summed E-state index contributed by atoms with van der Waals surface area (Å²) in [6.45, 7) is 6.65. The highest BCUT2D eigenvalue weighted by Gasteiger charge is 2.09. The van der Waals surface area contributed by atoms with E-state index < -0.39 is 5.97 Å². The summed E-state index contributed by atoms with van der Waals surface area (Å²) in [5, 5.41) is 12.1. The lowest BCUT2D eigenvalue weighted by molar-refractivity contribution is -0.132. The number of piperazine rings is 1. The van der Waals surface area contributed by atoms with Crippen LogP contribution in [0.1, 0.15) is 13.3 Å². The second kappa shape index (κ2) is 5.78. The third-order valence-electron chi connectivity index (χ3n) is 2.46. The fraction of sp³-hybridized carbons (Fsp3) is 0.700. The summed E-state index contributed by atoms with van der Waals surface area (Å²) in [5.74, 6) is -0.789. The van der Waals surface area contributed by atoms with Crippen molar-refractivity contribution in [2.45, 2.75) is 13.3 Å². The first kappa shape index (κ1) is 11.2. The minimum Gasteiger partial charge on any atom is -0.478 e. The van der Waals surface area contributed by atoms with E-state index in [9.17, 15) is 4.79 Å². The Bertz CT molecular complexity index is 220. The molecule has 0 aliphatic carbocycles. The first-order chi connectivity index (χ1) is 6.74. The number of nitrogens with one attached hydrogen (secondary N) is 1. The van der Waals surface area contributed by atoms with Gasteiger partial charge in [-0.05, 0) is 6.42 Å². The van der Waals surface area contributed by atoms with Gasteiger partial charge in [-0.2, -0.15) is 0 Å². The number of hydrogen-bond acceptors (Lipinski definition) is 3. The molecule has 0 bridgehead atoms. The third-order valence-corrected chi connectivity index (χ3v) is 2.46. The van der Waals surface area contributed by atoms with E-state index in [0.717, 1.165) is 32.7 Å². The van der Waals surface area contributed by atoms with E-state index in [1.165, 1.54) is 0 Å². The molecule has 1 aliphatic rings. The lowest BCUT2D eigenvalue weighted by Crippen LogP contribution is -2.43. The Morgan fingerprint density at radius 2 is 2.14 bits per heavy atom. The van der Waals surface area contributed by atoms with E-state index in [1.807, 2.05) is 13.0 Å². The molecule has 80 valence electrons. The molecule has 0 aromatic rings. The van der Waals surface area contributed by atoms with Gasteiger partial charge in [-0.1, -0.05) is 13.0 Å². The Morgan fingerprint density at radius 1 is 1.50 bits per heavy atom. The first-order valence-corrected chi connectivity index (χ1v) is 5.09. The molecule has 0 aromatic carbocycles. The maximum atomic E-state index is 10.7. The molecule has 14 heavy (non-hydrogen) atoms. The highest BCUT2D eigenvalue weighted by atomic mass is 16.4. The average Bonchev–Trinajstić information content (AvgIpc) is 2.20. The molecule has 0 radical (unpaired) electrons. The number of rotatable bonds is 4. The molecule has 0 atom stereocenters. The van der Waals surface area contributed by atoms with Crippen molar-refractivity contribution in [3.8, 4) is 0 Å². The van der Waals surface area contributed by atoms with Crippen molar-refractivity contribution >= 4 is 5.97 Å². The molecule has 0 saturated carbocycles. The Labute approximate surface area is 84.6 Å². The van der Waals surface area contributed by atoms with Gasteiger partial charge in [0, 0.05) is 38.3 Å². The summed E-state index contributed by atoms with van der Waals surface area (Å²) >= 11 is 0. The second-order valence-corrected chi connectivity index (χ2v) is 3.44. The van der Waals surface area contributed by atoms with Gasteiger partial charge in [-0.3, -0.25) is 4.90 Å². The van der Waals surface area contributed by atoms with Crippen LogP contribution in [0.15, 0.2) is 11.6 Å². The van der Waals surface area contributed by atoms with Crippen molar-refractivity contribution in [1.29, 1.82) is 0 Å². The van der Waals surface area contributed by atoms with Gasteiger partial charge in [0.1, 0.15) is 0 Å². The molecular formula is C10H18N2O2. The Kier molecular flexibility index (Phi) is 4.62. The van der Waals surface area contributed by atoms with Gasteiger partial charge in [0.2, 0.25) is 0 Å². The standard InChI is InChI=1S/C10H18N2O2/c1-2-9(10(13)14)3-6-12-7-4-11-5-8-12/h3,11H,2,4-8H2,1H3,(H,13,14). The van der Waals surface area contributed by atoms with Gasteiger partial charge in [-0.15, -0.1) is 0 Å². The van der Waals surface area contributed by atoms with Gasteiger partial charge in [0.05, 0.1) is 0 Å². The smallest absolute Gasteiger partial charge is 0.331 e. The van der Waals surface area contributed by atoms with Crippen molar-refractivity contribution in [3.05, 3.63) is 11.6 Å². The predicted molar refractivity (Wildman–Crippen MR) is 55.3 cm³/mol. The summed E-state index contributed by atoms with van der Waals surface area (Å²) < 4.78 is 0. The Morgan fingerprint density at radius 3 is 2.64 bits per heavy atom. The SMILES string of the molecule is CCC(=CCN1CCNCC1)C(=O)O. The zero-order valence-corrected chi connectivity index (χ0v) is 8.62. The van der Waals surface area contributed by atoms with E-state index in [-0.39, 0.29) is 0 Å². The molecule has 2 N–H and O–H groups in total. The number of hydrogen-bond donors (Lipinski definition) is 2. The number of carbonyl (C=O) groups is 1. The zero-order valence-electron chi connectivity index (χ0n) is 8.62. The molecular weight excluding hydrogens is 180 g/mol. The van der Waals surface area contributed by atoms with E-state index in [0.29, 0.717) is 12.0 Å². The molecule has 0 unspecified atom stereocenters. The predicted octanol–water partition coefficient (Wildman–Crippen LogP) is 0.313. The van der Waals surface area contributed by atoms with Gasteiger partial charge in [0.25, 0.3) is 0 Å². The second-order valence-electron chi connectivity index (χ2n) is 3.44. The number of carboxylic acid groups (broad SMARTS) is 1. The van der Waals surface area contributed by atoms with Crippen LogP contribution in [0.4, 0.5) is 0 Å². The van der Waals surface area contributed by atoms with Crippen LogP contribution < -0.4 is 5.32 Å². The Balaban J connectivity index is 2.38. The fourth-order valence-electron chi connectivity index (χ4n) is 1.52. The monoisotopic (exact) mass is 198 g/mol. The zero-order chi connectivity index (χ0) is 10.4. The van der Waals surface area contributed by atoms with Crippen molar-refractivity contribution in [3.63, 3.8) is 0 Å². The highest BCUT2D eigenvalue weighted by Crippen LogP contribution is 2.02. The molecule has 1 fully saturated rings. The van der Waals surface area contributed by atoms with E-state index >= 15 is 0 Å². The van der Waals surface area contributed by atoms with Crippen molar-refractivity contribution < 1.29 is 9.90 Å². The minimum atomic E-state index is -0.789. The summed E-state index contributed by atoms with van der Waals surface area (Å²) in [4.78, 5) is 13.0. The van der Waals surface area contributed by atoms with Gasteiger partial charge < -0.3 is 10.4 Å². The molecule has 1 saturated heterocycles. The van der Waals surface area contributed by atoms with Crippen LogP contribution in [-0.2, 0) is 4.79 Å². The summed E-state index contributed by atoms with van der Waals surface area (Å²) in [6.07, 6.45) is 2.43. The van der Waals surface area contributed by atoms with Crippen molar-refractivity contribution in [2.24, 2.45) is 0 Å². The molecule has 0 amide bonds. The van der Waals surface area contributed by atoms with E-state index in [1.54, 1.807) is 0 Å². The molecule has 4 heteroatoms. The lowest BCUT2D eigenvalue weighted by Gasteiger charge is -2.25. The molecule has 0 spiro atoms. The van der Waals surface area contributed by atoms with Crippen LogP contribution in [0, 0.1) is 0 Å². The Hall–Kier alpha value is -0.870. The average molecular weight is 198 g/mol. The van der Waals surface area contributed by atoms with Crippen LogP contribution in [0.5, 0.6) is 0 Å². The van der Waals surface area contributed by atoms with Crippen LogP contribution in [-0.4, -0.2) is 48.7 Å². The first-order valence-electron chi connectivity index (χ1n) is 5.09. The van der Waals surface area contributed by atoms with Gasteiger partial charge >= 0.3 is 5.97 Å². The molecule has 1 aliphatic heterocycles. The van der Waals surface area contributed by atoms with E-state index in [4.69, 9.17) is 5.11 Å². The normalized spacial score (nSPS) is 19.6. The third kappa shape index (κ3) is 3.47. The van der Waals surface area contributed by atoms with Crippen LogP contribution in [0.25, 0.3) is 0 Å². The molecule has 0 aromatic heterocycles. The van der Waals surface area contributed by atoms with E-state index in [2.05, 4.69) is 10.2 Å². The number of nitrogens with zero attached hydrogens (tertiary/aromatic N) is 1. The largest absolute Gasteiger partial charge is 0.478 e. The number of aliphatic carboxylic acids is 1. The minimum absolute atomic E-state index is 0.517. The molecule has 1 heterocycles. The van der Waals surface area contributed by atoms with Gasteiger partial charge in [0.15, 0.2) is 0 Å². The number of carboxylic acids is 1. The quantitative estimate of drug-likeness (QED) is 0.638. The van der Waals surface area contributed by atoms with Crippen LogP contribution in [0.2, 0.25) is 0 Å². The molecule has 1 rings (SSSR count). The highest BCUT2D eigenvalue weighted by molar-refractivity contribution is 5.86. The molecule has 4 nitrogen and oxygen atoms in total. The van der Waals surface area contributed by atoms with Gasteiger partial charge in [-0.25, -0.2) is 4.79 Å². The maximum absolute atomic E-state index is 10.7. The van der Waals surface area contributed by atoms with Crippen molar-refractivity contribution in [1.82, 2.24) is 10.2 Å². The summed E-state index contributed by atoms with van der Waals surface area (Å²) in [7, 11) is 0. The van der Waals surface area contributed by atoms with Crippen molar-refractivity contribution in [2.75, 3.05) is 32.7 Å². The maximum Gasteiger partial charge on any atom is 0.331 e. The summed E-state index contributed by atoms with van der Waals surface area (Å²) in [6, 6.07) is 0.